The lowest BCUT2D eigenvalue weighted by molar-refractivity contribution is -0.174. The Bertz CT molecular complexity index is 630. The molecule has 2 N–H and O–H groups in total. The summed E-state index contributed by atoms with van der Waals surface area (Å²) in [6.07, 6.45) is -4.01. The number of carbonyl (C=O) groups excluding carboxylic acids is 1. The Morgan fingerprint density at radius 2 is 1.83 bits per heavy atom. The van der Waals surface area contributed by atoms with Gasteiger partial charge < -0.3 is 10.1 Å². The molecule has 0 atom stereocenters. The standard InChI is InChI=1S/C14H19F3N2O4S/c1-2-8-18-24(21,22)12-5-3-11(4-6-12)19-13(20)7-9-23-10-14(15,16)17/h3-6,18H,2,7-10H2,1H3,(H,19,20). The average molecular weight is 368 g/mol. The molecule has 0 aromatic heterocycles. The molecule has 1 rings (SSSR count). The molecule has 0 heterocycles. The van der Waals surface area contributed by atoms with Crippen LogP contribution in [0.4, 0.5) is 18.9 Å². The highest BCUT2D eigenvalue weighted by Gasteiger charge is 2.27. The zero-order chi connectivity index (χ0) is 18.2. The van der Waals surface area contributed by atoms with Gasteiger partial charge in [0.15, 0.2) is 0 Å². The van der Waals surface area contributed by atoms with Crippen LogP contribution in [0, 0.1) is 0 Å². The second kappa shape index (κ2) is 9.00. The molecular formula is C14H19F3N2O4S. The first kappa shape index (κ1) is 20.4. The Hall–Kier alpha value is -1.65. The van der Waals surface area contributed by atoms with Crippen LogP contribution in [0.2, 0.25) is 0 Å². The van der Waals surface area contributed by atoms with Crippen molar-refractivity contribution < 1.29 is 31.1 Å². The van der Waals surface area contributed by atoms with Crippen molar-refractivity contribution in [1.82, 2.24) is 4.72 Å². The predicted octanol–water partition coefficient (Wildman–Crippen LogP) is 2.28. The van der Waals surface area contributed by atoms with E-state index in [0.717, 1.165) is 0 Å². The molecule has 0 spiro atoms. The number of sulfonamides is 1. The van der Waals surface area contributed by atoms with Gasteiger partial charge in [0.1, 0.15) is 6.61 Å². The van der Waals surface area contributed by atoms with Crippen LogP contribution in [0.25, 0.3) is 0 Å². The monoisotopic (exact) mass is 368 g/mol. The topological polar surface area (TPSA) is 84.5 Å². The maximum absolute atomic E-state index is 11.9. The number of anilines is 1. The molecule has 6 nitrogen and oxygen atoms in total. The second-order valence-corrected chi connectivity index (χ2v) is 6.66. The number of hydrogen-bond donors (Lipinski definition) is 2. The molecule has 0 aliphatic carbocycles. The summed E-state index contributed by atoms with van der Waals surface area (Å²) in [5, 5.41) is 2.45. The molecule has 0 aliphatic heterocycles. The molecule has 0 radical (unpaired) electrons. The smallest absolute Gasteiger partial charge is 0.372 e. The minimum atomic E-state index is -4.43. The zero-order valence-corrected chi connectivity index (χ0v) is 13.8. The molecule has 24 heavy (non-hydrogen) atoms. The van der Waals surface area contributed by atoms with Gasteiger partial charge in [-0.25, -0.2) is 13.1 Å². The van der Waals surface area contributed by atoms with E-state index in [2.05, 4.69) is 14.8 Å². The molecular weight excluding hydrogens is 349 g/mol. The molecule has 0 aliphatic rings. The van der Waals surface area contributed by atoms with Crippen LogP contribution in [0.1, 0.15) is 19.8 Å². The fourth-order valence-corrected chi connectivity index (χ4v) is 2.75. The molecule has 10 heteroatoms. The van der Waals surface area contributed by atoms with Gasteiger partial charge >= 0.3 is 6.18 Å². The van der Waals surface area contributed by atoms with Gasteiger partial charge in [0.2, 0.25) is 15.9 Å². The number of hydrogen-bond acceptors (Lipinski definition) is 4. The summed E-state index contributed by atoms with van der Waals surface area (Å²) >= 11 is 0. The Kier molecular flexibility index (Phi) is 7.64. The first-order chi connectivity index (χ1) is 11.1. The number of ether oxygens (including phenoxy) is 1. The fraction of sp³-hybridized carbons (Fsp3) is 0.500. The van der Waals surface area contributed by atoms with E-state index >= 15 is 0 Å². The van der Waals surface area contributed by atoms with Crippen LogP contribution < -0.4 is 10.0 Å². The zero-order valence-electron chi connectivity index (χ0n) is 13.0. The van der Waals surface area contributed by atoms with Crippen molar-refractivity contribution in [3.8, 4) is 0 Å². The molecule has 1 aromatic carbocycles. The van der Waals surface area contributed by atoms with Gasteiger partial charge in [0.05, 0.1) is 17.9 Å². The summed E-state index contributed by atoms with van der Waals surface area (Å²) in [4.78, 5) is 11.6. The molecule has 0 saturated heterocycles. The Balaban J connectivity index is 2.48. The summed E-state index contributed by atoms with van der Waals surface area (Å²) in [6, 6.07) is 5.45. The molecule has 0 unspecified atom stereocenters. The molecule has 1 aromatic rings. The first-order valence-electron chi connectivity index (χ1n) is 7.18. The highest BCUT2D eigenvalue weighted by Crippen LogP contribution is 2.15. The van der Waals surface area contributed by atoms with Crippen LogP contribution in [0.3, 0.4) is 0 Å². The van der Waals surface area contributed by atoms with Gasteiger partial charge in [-0.3, -0.25) is 4.79 Å². The lowest BCUT2D eigenvalue weighted by atomic mass is 10.3. The van der Waals surface area contributed by atoms with Crippen LogP contribution in [-0.2, 0) is 19.6 Å². The van der Waals surface area contributed by atoms with E-state index < -0.39 is 28.7 Å². The van der Waals surface area contributed by atoms with Crippen molar-refractivity contribution in [3.05, 3.63) is 24.3 Å². The summed E-state index contributed by atoms with van der Waals surface area (Å²) in [5.74, 6) is -0.531. The van der Waals surface area contributed by atoms with Crippen molar-refractivity contribution in [3.63, 3.8) is 0 Å². The van der Waals surface area contributed by atoms with Crippen LogP contribution in [-0.4, -0.2) is 40.3 Å². The minimum absolute atomic E-state index is 0.0578. The quantitative estimate of drug-likeness (QED) is 0.655. The van der Waals surface area contributed by atoms with E-state index in [1.165, 1.54) is 24.3 Å². The third-order valence-corrected chi connectivity index (χ3v) is 4.21. The fourth-order valence-electron chi connectivity index (χ4n) is 1.61. The van der Waals surface area contributed by atoms with Crippen LogP contribution in [0.5, 0.6) is 0 Å². The van der Waals surface area contributed by atoms with Gasteiger partial charge in [-0.15, -0.1) is 0 Å². The molecule has 0 bridgehead atoms. The number of carbonyl (C=O) groups is 1. The van der Waals surface area contributed by atoms with Gasteiger partial charge in [-0.2, -0.15) is 13.2 Å². The lowest BCUT2D eigenvalue weighted by Crippen LogP contribution is -2.24. The predicted molar refractivity (Wildman–Crippen MR) is 82.0 cm³/mol. The Morgan fingerprint density at radius 3 is 2.38 bits per heavy atom. The third-order valence-electron chi connectivity index (χ3n) is 2.73. The van der Waals surface area contributed by atoms with Crippen LogP contribution >= 0.6 is 0 Å². The number of nitrogens with one attached hydrogen (secondary N) is 2. The van der Waals surface area contributed by atoms with Gasteiger partial charge in [0, 0.05) is 12.2 Å². The SMILES string of the molecule is CCCNS(=O)(=O)c1ccc(NC(=O)CCOCC(F)(F)F)cc1. The lowest BCUT2D eigenvalue weighted by Gasteiger charge is -2.09. The average Bonchev–Trinajstić information content (AvgIpc) is 2.49. The minimum Gasteiger partial charge on any atom is -0.372 e. The second-order valence-electron chi connectivity index (χ2n) is 4.89. The number of rotatable bonds is 9. The van der Waals surface area contributed by atoms with E-state index in [-0.39, 0.29) is 17.9 Å². The number of amides is 1. The van der Waals surface area contributed by atoms with E-state index in [9.17, 15) is 26.4 Å². The molecule has 0 fully saturated rings. The van der Waals surface area contributed by atoms with E-state index in [1.807, 2.05) is 6.92 Å². The van der Waals surface area contributed by atoms with Crippen LogP contribution in [0.15, 0.2) is 29.2 Å². The highest BCUT2D eigenvalue weighted by molar-refractivity contribution is 7.89. The normalized spacial score (nSPS) is 12.2. The molecule has 1 amide bonds. The van der Waals surface area contributed by atoms with Gasteiger partial charge in [0.25, 0.3) is 0 Å². The number of halogens is 3. The van der Waals surface area contributed by atoms with Crippen molar-refractivity contribution in [2.75, 3.05) is 25.1 Å². The number of alkyl halides is 3. The molecule has 0 saturated carbocycles. The van der Waals surface area contributed by atoms with Crippen molar-refractivity contribution in [2.24, 2.45) is 0 Å². The Labute approximate surface area is 138 Å². The maximum Gasteiger partial charge on any atom is 0.411 e. The number of benzene rings is 1. The van der Waals surface area contributed by atoms with Crippen molar-refractivity contribution in [2.45, 2.75) is 30.8 Å². The van der Waals surface area contributed by atoms with E-state index in [0.29, 0.717) is 18.7 Å². The summed E-state index contributed by atoms with van der Waals surface area (Å²) in [7, 11) is -3.59. The third kappa shape index (κ3) is 7.75. The van der Waals surface area contributed by atoms with E-state index in [4.69, 9.17) is 0 Å². The largest absolute Gasteiger partial charge is 0.411 e. The van der Waals surface area contributed by atoms with Gasteiger partial charge in [-0.1, -0.05) is 6.92 Å². The summed E-state index contributed by atoms with van der Waals surface area (Å²) in [6.45, 7) is 0.384. The van der Waals surface area contributed by atoms with Crippen molar-refractivity contribution in [1.29, 1.82) is 0 Å². The van der Waals surface area contributed by atoms with Crippen molar-refractivity contribution >= 4 is 21.6 Å². The summed E-state index contributed by atoms with van der Waals surface area (Å²) < 4.78 is 66.1. The van der Waals surface area contributed by atoms with E-state index in [1.54, 1.807) is 0 Å². The summed E-state index contributed by atoms with van der Waals surface area (Å²) in [5.41, 5.74) is 0.338. The maximum atomic E-state index is 11.9. The Morgan fingerprint density at radius 1 is 1.21 bits per heavy atom. The van der Waals surface area contributed by atoms with Gasteiger partial charge in [-0.05, 0) is 30.7 Å². The molecule has 136 valence electrons. The first-order valence-corrected chi connectivity index (χ1v) is 8.66. The highest BCUT2D eigenvalue weighted by atomic mass is 32.2.